The fourth-order valence-electron chi connectivity index (χ4n) is 2.31. The summed E-state index contributed by atoms with van der Waals surface area (Å²) >= 11 is 7.66. The molecule has 0 radical (unpaired) electrons. The van der Waals surface area contributed by atoms with E-state index in [2.05, 4.69) is 23.2 Å². The fourth-order valence-corrected chi connectivity index (χ4v) is 3.38. The summed E-state index contributed by atoms with van der Waals surface area (Å²) in [5, 5.41) is 3.60. The summed E-state index contributed by atoms with van der Waals surface area (Å²) in [6.07, 6.45) is 3.62. The topological polar surface area (TPSA) is 15.3 Å². The molecular weight excluding hydrogens is 252 g/mol. The Bertz CT molecular complexity index is 340. The maximum atomic E-state index is 5.95. The molecule has 0 aromatic carbocycles. The maximum absolute atomic E-state index is 5.95. The second-order valence-electron chi connectivity index (χ2n) is 4.67. The summed E-state index contributed by atoms with van der Waals surface area (Å²) in [6.45, 7) is 7.01. The zero-order chi connectivity index (χ0) is 12.1. The van der Waals surface area contributed by atoms with Crippen LogP contribution in [0.25, 0.3) is 0 Å². The van der Waals surface area contributed by atoms with Crippen LogP contribution in [-0.4, -0.2) is 37.1 Å². The SMILES string of the molecule is CCC1CN(CCc2ccc(Cl)s2)CCCN1. The third-order valence-corrected chi connectivity index (χ3v) is 4.65. The van der Waals surface area contributed by atoms with Crippen molar-refractivity contribution in [2.24, 2.45) is 0 Å². The van der Waals surface area contributed by atoms with Gasteiger partial charge in [0.2, 0.25) is 0 Å². The van der Waals surface area contributed by atoms with Crippen molar-refractivity contribution in [3.8, 4) is 0 Å². The highest BCUT2D eigenvalue weighted by atomic mass is 35.5. The molecule has 1 aliphatic heterocycles. The van der Waals surface area contributed by atoms with Gasteiger partial charge < -0.3 is 10.2 Å². The minimum atomic E-state index is 0.671. The van der Waals surface area contributed by atoms with E-state index in [4.69, 9.17) is 11.6 Å². The number of rotatable bonds is 4. The molecule has 0 amide bonds. The van der Waals surface area contributed by atoms with Crippen LogP contribution in [0.3, 0.4) is 0 Å². The van der Waals surface area contributed by atoms with Gasteiger partial charge in [-0.2, -0.15) is 0 Å². The zero-order valence-corrected chi connectivity index (χ0v) is 12.0. The van der Waals surface area contributed by atoms with Crippen molar-refractivity contribution in [3.63, 3.8) is 0 Å². The molecule has 0 bridgehead atoms. The molecule has 0 aliphatic carbocycles. The molecular formula is C13H21ClN2S. The lowest BCUT2D eigenvalue weighted by atomic mass is 10.2. The maximum Gasteiger partial charge on any atom is 0.0931 e. The Morgan fingerprint density at radius 1 is 1.53 bits per heavy atom. The first-order valence-corrected chi connectivity index (χ1v) is 7.67. The summed E-state index contributed by atoms with van der Waals surface area (Å²) in [5.74, 6) is 0. The van der Waals surface area contributed by atoms with Crippen molar-refractivity contribution < 1.29 is 0 Å². The highest BCUT2D eigenvalue weighted by molar-refractivity contribution is 7.16. The average molecular weight is 273 g/mol. The Balaban J connectivity index is 1.81. The molecule has 1 saturated heterocycles. The normalized spacial score (nSPS) is 22.6. The van der Waals surface area contributed by atoms with E-state index in [0.29, 0.717) is 6.04 Å². The molecule has 1 atom stereocenters. The van der Waals surface area contributed by atoms with Crippen LogP contribution in [0, 0.1) is 0 Å². The van der Waals surface area contributed by atoms with Gasteiger partial charge in [-0.3, -0.25) is 0 Å². The monoisotopic (exact) mass is 272 g/mol. The first-order chi connectivity index (χ1) is 8.28. The first-order valence-electron chi connectivity index (χ1n) is 6.48. The minimum absolute atomic E-state index is 0.671. The van der Waals surface area contributed by atoms with E-state index in [1.807, 2.05) is 6.07 Å². The summed E-state index contributed by atoms with van der Waals surface area (Å²) in [5.41, 5.74) is 0. The highest BCUT2D eigenvalue weighted by Crippen LogP contribution is 2.22. The van der Waals surface area contributed by atoms with Crippen LogP contribution in [0.4, 0.5) is 0 Å². The van der Waals surface area contributed by atoms with Crippen LogP contribution < -0.4 is 5.32 Å². The Kier molecular flexibility index (Phi) is 5.29. The molecule has 96 valence electrons. The largest absolute Gasteiger partial charge is 0.313 e. The first kappa shape index (κ1) is 13.3. The van der Waals surface area contributed by atoms with Crippen molar-refractivity contribution in [3.05, 3.63) is 21.3 Å². The Hall–Kier alpha value is -0.0900. The third-order valence-electron chi connectivity index (χ3n) is 3.36. The van der Waals surface area contributed by atoms with Crippen LogP contribution in [0.5, 0.6) is 0 Å². The molecule has 1 fully saturated rings. The number of hydrogen-bond donors (Lipinski definition) is 1. The predicted octanol–water partition coefficient (Wildman–Crippen LogP) is 3.02. The van der Waals surface area contributed by atoms with E-state index >= 15 is 0 Å². The number of nitrogens with zero attached hydrogens (tertiary/aromatic N) is 1. The van der Waals surface area contributed by atoms with Crippen molar-refractivity contribution in [2.45, 2.75) is 32.2 Å². The lowest BCUT2D eigenvalue weighted by Crippen LogP contribution is -2.37. The minimum Gasteiger partial charge on any atom is -0.313 e. The van der Waals surface area contributed by atoms with Crippen molar-refractivity contribution in [1.29, 1.82) is 0 Å². The summed E-state index contributed by atoms with van der Waals surface area (Å²) in [7, 11) is 0. The zero-order valence-electron chi connectivity index (χ0n) is 10.4. The van der Waals surface area contributed by atoms with E-state index < -0.39 is 0 Å². The molecule has 1 aromatic rings. The molecule has 2 nitrogen and oxygen atoms in total. The lowest BCUT2D eigenvalue weighted by Gasteiger charge is -2.23. The smallest absolute Gasteiger partial charge is 0.0931 e. The molecule has 0 saturated carbocycles. The third kappa shape index (κ3) is 4.25. The van der Waals surface area contributed by atoms with Gasteiger partial charge in [-0.05, 0) is 44.5 Å². The van der Waals surface area contributed by atoms with E-state index in [-0.39, 0.29) is 0 Å². The molecule has 1 N–H and O–H groups in total. The van der Waals surface area contributed by atoms with Crippen LogP contribution in [0.1, 0.15) is 24.6 Å². The van der Waals surface area contributed by atoms with Crippen molar-refractivity contribution >= 4 is 22.9 Å². The van der Waals surface area contributed by atoms with Crippen molar-refractivity contribution in [1.82, 2.24) is 10.2 Å². The second kappa shape index (κ2) is 6.74. The van der Waals surface area contributed by atoms with Crippen molar-refractivity contribution in [2.75, 3.05) is 26.2 Å². The van der Waals surface area contributed by atoms with Gasteiger partial charge in [0.1, 0.15) is 0 Å². The van der Waals surface area contributed by atoms with Crippen LogP contribution in [0.2, 0.25) is 4.34 Å². The molecule has 1 aliphatic rings. The van der Waals surface area contributed by atoms with Gasteiger partial charge in [0.25, 0.3) is 0 Å². The number of hydrogen-bond acceptors (Lipinski definition) is 3. The Morgan fingerprint density at radius 2 is 2.41 bits per heavy atom. The lowest BCUT2D eigenvalue weighted by molar-refractivity contribution is 0.269. The summed E-state index contributed by atoms with van der Waals surface area (Å²) < 4.78 is 0.906. The van der Waals surface area contributed by atoms with E-state index in [1.165, 1.54) is 37.4 Å². The molecule has 1 unspecified atom stereocenters. The van der Waals surface area contributed by atoms with Gasteiger partial charge in [-0.25, -0.2) is 0 Å². The number of halogens is 1. The van der Waals surface area contributed by atoms with Gasteiger partial charge in [-0.1, -0.05) is 18.5 Å². The average Bonchev–Trinajstić information content (AvgIpc) is 2.62. The second-order valence-corrected chi connectivity index (χ2v) is 6.47. The predicted molar refractivity (Wildman–Crippen MR) is 76.2 cm³/mol. The standard InChI is InChI=1S/C13H21ClN2S/c1-2-11-10-16(8-3-7-15-11)9-6-12-4-5-13(14)17-12/h4-5,11,15H,2-3,6-10H2,1H3. The molecule has 2 heterocycles. The molecule has 0 spiro atoms. The van der Waals surface area contributed by atoms with Gasteiger partial charge in [0.15, 0.2) is 0 Å². The van der Waals surface area contributed by atoms with Gasteiger partial charge in [0, 0.05) is 24.0 Å². The summed E-state index contributed by atoms with van der Waals surface area (Å²) in [4.78, 5) is 3.99. The fraction of sp³-hybridized carbons (Fsp3) is 0.692. The summed E-state index contributed by atoms with van der Waals surface area (Å²) in [6, 6.07) is 4.82. The van der Waals surface area contributed by atoms with Gasteiger partial charge >= 0.3 is 0 Å². The number of nitrogens with one attached hydrogen (secondary N) is 1. The van der Waals surface area contributed by atoms with Crippen LogP contribution in [-0.2, 0) is 6.42 Å². The van der Waals surface area contributed by atoms with E-state index in [0.717, 1.165) is 17.3 Å². The molecule has 17 heavy (non-hydrogen) atoms. The molecule has 2 rings (SSSR count). The molecule has 4 heteroatoms. The molecule has 1 aromatic heterocycles. The Morgan fingerprint density at radius 3 is 3.12 bits per heavy atom. The Labute approximate surface area is 113 Å². The van der Waals surface area contributed by atoms with E-state index in [1.54, 1.807) is 11.3 Å². The highest BCUT2D eigenvalue weighted by Gasteiger charge is 2.15. The van der Waals surface area contributed by atoms with Crippen LogP contribution >= 0.6 is 22.9 Å². The van der Waals surface area contributed by atoms with Crippen LogP contribution in [0.15, 0.2) is 12.1 Å². The number of thiophene rings is 1. The van der Waals surface area contributed by atoms with Gasteiger partial charge in [-0.15, -0.1) is 11.3 Å². The van der Waals surface area contributed by atoms with E-state index in [9.17, 15) is 0 Å². The quantitative estimate of drug-likeness (QED) is 0.906. The van der Waals surface area contributed by atoms with Gasteiger partial charge in [0.05, 0.1) is 4.34 Å².